The molecular formula is C11H10F2N2OS. The first-order valence-corrected chi connectivity index (χ1v) is 5.35. The van der Waals surface area contributed by atoms with E-state index >= 15 is 0 Å². The van der Waals surface area contributed by atoms with Gasteiger partial charge in [0.15, 0.2) is 5.11 Å². The highest BCUT2D eigenvalue weighted by molar-refractivity contribution is 7.80. The molecule has 1 heterocycles. The zero-order valence-corrected chi connectivity index (χ0v) is 10.0. The summed E-state index contributed by atoms with van der Waals surface area (Å²) in [5.74, 6) is -1.70. The van der Waals surface area contributed by atoms with E-state index in [1.165, 1.54) is 13.8 Å². The fraction of sp³-hybridized carbons (Fsp3) is 0.273. The van der Waals surface area contributed by atoms with Crippen LogP contribution in [0.3, 0.4) is 0 Å². The van der Waals surface area contributed by atoms with Crippen molar-refractivity contribution in [3.05, 3.63) is 34.9 Å². The van der Waals surface area contributed by atoms with Gasteiger partial charge in [0.05, 0.1) is 0 Å². The molecule has 17 heavy (non-hydrogen) atoms. The van der Waals surface area contributed by atoms with Gasteiger partial charge in [0.1, 0.15) is 17.2 Å². The maximum Gasteiger partial charge on any atom is 0.256 e. The topological polar surface area (TPSA) is 41.1 Å². The number of rotatable bonds is 1. The summed E-state index contributed by atoms with van der Waals surface area (Å²) in [4.78, 5) is 11.7. The third-order valence-electron chi connectivity index (χ3n) is 2.83. The van der Waals surface area contributed by atoms with Crippen molar-refractivity contribution < 1.29 is 13.6 Å². The fourth-order valence-electron chi connectivity index (χ4n) is 1.76. The average Bonchev–Trinajstić information content (AvgIpc) is 2.47. The van der Waals surface area contributed by atoms with Crippen LogP contribution in [-0.4, -0.2) is 11.0 Å². The first-order chi connectivity index (χ1) is 7.84. The highest BCUT2D eigenvalue weighted by Crippen LogP contribution is 2.28. The Balaban J connectivity index is 2.58. The lowest BCUT2D eigenvalue weighted by molar-refractivity contribution is -0.123. The molecule has 0 saturated carbocycles. The van der Waals surface area contributed by atoms with Crippen molar-refractivity contribution in [2.75, 3.05) is 0 Å². The van der Waals surface area contributed by atoms with E-state index in [9.17, 15) is 13.6 Å². The zero-order valence-electron chi connectivity index (χ0n) is 9.23. The van der Waals surface area contributed by atoms with E-state index in [0.29, 0.717) is 0 Å². The minimum atomic E-state index is -1.37. The van der Waals surface area contributed by atoms with Crippen LogP contribution in [0.25, 0.3) is 0 Å². The first kappa shape index (κ1) is 11.9. The second-order valence-corrected chi connectivity index (χ2v) is 4.52. The van der Waals surface area contributed by atoms with Gasteiger partial charge in [0.2, 0.25) is 0 Å². The molecule has 0 bridgehead atoms. The number of carbonyl (C=O) groups excluding carboxylic acids is 1. The predicted octanol–water partition coefficient (Wildman–Crippen LogP) is 1.49. The van der Waals surface area contributed by atoms with Gasteiger partial charge in [-0.1, -0.05) is 0 Å². The number of carbonyl (C=O) groups is 1. The Morgan fingerprint density at radius 3 is 2.47 bits per heavy atom. The molecule has 1 unspecified atom stereocenters. The second kappa shape index (κ2) is 3.73. The molecule has 2 rings (SSSR count). The van der Waals surface area contributed by atoms with Crippen LogP contribution in [0, 0.1) is 18.6 Å². The van der Waals surface area contributed by atoms with Crippen molar-refractivity contribution in [2.24, 2.45) is 0 Å². The molecule has 2 N–H and O–H groups in total. The third kappa shape index (κ3) is 1.78. The number of thiocarbonyl (C=S) groups is 1. The van der Waals surface area contributed by atoms with E-state index in [1.807, 2.05) is 0 Å². The van der Waals surface area contributed by atoms with E-state index in [-0.39, 0.29) is 16.2 Å². The van der Waals surface area contributed by atoms with Gasteiger partial charge in [-0.05, 0) is 43.8 Å². The standard InChI is InChI=1S/C11H10F2N2OS/c1-5-3-8(13)6(4-7(5)12)11(2)9(16)14-10(17)15-11/h3-4H,1-2H3,(H2,14,15,16,17). The minimum Gasteiger partial charge on any atom is -0.345 e. The summed E-state index contributed by atoms with van der Waals surface area (Å²) >= 11 is 4.79. The Labute approximate surface area is 102 Å². The van der Waals surface area contributed by atoms with Crippen molar-refractivity contribution in [2.45, 2.75) is 19.4 Å². The fourth-order valence-corrected chi connectivity index (χ4v) is 2.06. The lowest BCUT2D eigenvalue weighted by atomic mass is 9.91. The van der Waals surface area contributed by atoms with Crippen LogP contribution >= 0.6 is 12.2 Å². The highest BCUT2D eigenvalue weighted by Gasteiger charge is 2.43. The summed E-state index contributed by atoms with van der Waals surface area (Å²) in [5, 5.41) is 5.12. The molecule has 1 amide bonds. The van der Waals surface area contributed by atoms with Crippen molar-refractivity contribution in [1.82, 2.24) is 10.6 Å². The zero-order chi connectivity index (χ0) is 12.8. The van der Waals surface area contributed by atoms with Crippen molar-refractivity contribution in [3.8, 4) is 0 Å². The Morgan fingerprint density at radius 1 is 1.29 bits per heavy atom. The summed E-state index contributed by atoms with van der Waals surface area (Å²) in [7, 11) is 0. The number of nitrogens with one attached hydrogen (secondary N) is 2. The number of benzene rings is 1. The number of hydrogen-bond donors (Lipinski definition) is 2. The summed E-state index contributed by atoms with van der Waals surface area (Å²) in [6, 6.07) is 2.08. The van der Waals surface area contributed by atoms with Gasteiger partial charge in [0, 0.05) is 5.56 Å². The van der Waals surface area contributed by atoms with Gasteiger partial charge in [-0.25, -0.2) is 8.78 Å². The molecule has 1 fully saturated rings. The van der Waals surface area contributed by atoms with E-state index in [0.717, 1.165) is 12.1 Å². The van der Waals surface area contributed by atoms with Gasteiger partial charge < -0.3 is 10.6 Å². The summed E-state index contributed by atoms with van der Waals surface area (Å²) in [6.07, 6.45) is 0. The Kier molecular flexibility index (Phi) is 2.61. The van der Waals surface area contributed by atoms with Gasteiger partial charge in [-0.2, -0.15) is 0 Å². The minimum absolute atomic E-state index is 0.0575. The van der Waals surface area contributed by atoms with E-state index in [1.54, 1.807) is 0 Å². The van der Waals surface area contributed by atoms with Gasteiger partial charge in [-0.15, -0.1) is 0 Å². The van der Waals surface area contributed by atoms with Crippen LogP contribution in [0.4, 0.5) is 8.78 Å². The van der Waals surface area contributed by atoms with E-state index in [2.05, 4.69) is 10.6 Å². The molecule has 0 aliphatic carbocycles. The Hall–Kier alpha value is -1.56. The normalized spacial score (nSPS) is 23.5. The van der Waals surface area contributed by atoms with Gasteiger partial charge in [-0.3, -0.25) is 4.79 Å². The van der Waals surface area contributed by atoms with Crippen LogP contribution in [0.2, 0.25) is 0 Å². The quantitative estimate of drug-likeness (QED) is 0.748. The maximum absolute atomic E-state index is 13.8. The van der Waals surface area contributed by atoms with Crippen molar-refractivity contribution in [1.29, 1.82) is 0 Å². The molecule has 1 aliphatic rings. The smallest absolute Gasteiger partial charge is 0.256 e. The molecule has 1 aromatic rings. The van der Waals surface area contributed by atoms with Crippen LogP contribution in [0.1, 0.15) is 18.1 Å². The largest absolute Gasteiger partial charge is 0.345 e. The van der Waals surface area contributed by atoms with Crippen LogP contribution < -0.4 is 10.6 Å². The molecule has 6 heteroatoms. The average molecular weight is 256 g/mol. The number of halogens is 2. The van der Waals surface area contributed by atoms with Gasteiger partial charge >= 0.3 is 0 Å². The number of amides is 1. The SMILES string of the molecule is Cc1cc(F)c(C2(C)NC(=S)NC2=O)cc1F. The van der Waals surface area contributed by atoms with Crippen LogP contribution in [-0.2, 0) is 10.3 Å². The first-order valence-electron chi connectivity index (χ1n) is 4.94. The summed E-state index contributed by atoms with van der Waals surface area (Å²) in [6.45, 7) is 2.91. The molecular weight excluding hydrogens is 246 g/mol. The molecule has 0 spiro atoms. The third-order valence-corrected chi connectivity index (χ3v) is 3.04. The predicted molar refractivity (Wildman–Crippen MR) is 62.3 cm³/mol. The van der Waals surface area contributed by atoms with Crippen molar-refractivity contribution >= 4 is 23.2 Å². The second-order valence-electron chi connectivity index (χ2n) is 4.11. The summed E-state index contributed by atoms with van der Waals surface area (Å²) < 4.78 is 27.2. The van der Waals surface area contributed by atoms with Crippen molar-refractivity contribution in [3.63, 3.8) is 0 Å². The molecule has 1 aliphatic heterocycles. The molecule has 1 saturated heterocycles. The molecule has 3 nitrogen and oxygen atoms in total. The number of aryl methyl sites for hydroxylation is 1. The highest BCUT2D eigenvalue weighted by atomic mass is 32.1. The Bertz CT molecular complexity index is 532. The van der Waals surface area contributed by atoms with Crippen LogP contribution in [0.15, 0.2) is 12.1 Å². The molecule has 90 valence electrons. The van der Waals surface area contributed by atoms with Crippen LogP contribution in [0.5, 0.6) is 0 Å². The van der Waals surface area contributed by atoms with E-state index < -0.39 is 23.1 Å². The monoisotopic (exact) mass is 256 g/mol. The lowest BCUT2D eigenvalue weighted by Crippen LogP contribution is -2.41. The Morgan fingerprint density at radius 2 is 1.94 bits per heavy atom. The molecule has 1 atom stereocenters. The maximum atomic E-state index is 13.8. The molecule has 1 aromatic carbocycles. The van der Waals surface area contributed by atoms with Gasteiger partial charge in [0.25, 0.3) is 5.91 Å². The number of hydrogen-bond acceptors (Lipinski definition) is 2. The van der Waals surface area contributed by atoms with E-state index in [4.69, 9.17) is 12.2 Å². The molecule has 0 radical (unpaired) electrons. The lowest BCUT2D eigenvalue weighted by Gasteiger charge is -2.22. The summed E-state index contributed by atoms with van der Waals surface area (Å²) in [5.41, 5.74) is -1.23. The molecule has 0 aromatic heterocycles.